The van der Waals surface area contributed by atoms with Crippen LogP contribution in [0.25, 0.3) is 6.08 Å². The molecule has 0 radical (unpaired) electrons. The molecule has 0 aromatic heterocycles. The number of ether oxygens (including phenoxy) is 1. The zero-order valence-corrected chi connectivity index (χ0v) is 16.1. The third kappa shape index (κ3) is 5.71. The molecular weight excluding hydrogens is 397 g/mol. The summed E-state index contributed by atoms with van der Waals surface area (Å²) < 4.78 is 5.26. The number of benzene rings is 3. The van der Waals surface area contributed by atoms with Crippen LogP contribution in [0.3, 0.4) is 0 Å². The largest absolute Gasteiger partial charge is 0.423 e. The highest BCUT2D eigenvalue weighted by Gasteiger charge is 2.10. The number of nitrogens with one attached hydrogen (secondary N) is 1. The summed E-state index contributed by atoms with van der Waals surface area (Å²) in [7, 11) is 0. The first kappa shape index (κ1) is 19.7. The quantitative estimate of drug-likeness (QED) is 0.324. The average Bonchev–Trinajstić information content (AvgIpc) is 2.67. The van der Waals surface area contributed by atoms with Crippen LogP contribution in [0.2, 0.25) is 10.0 Å². The van der Waals surface area contributed by atoms with Crippen LogP contribution >= 0.6 is 23.2 Å². The van der Waals surface area contributed by atoms with Gasteiger partial charge in [0, 0.05) is 21.8 Å². The molecule has 3 aromatic rings. The van der Waals surface area contributed by atoms with Gasteiger partial charge in [0.1, 0.15) is 5.75 Å². The lowest BCUT2D eigenvalue weighted by atomic mass is 10.2. The first-order valence-electron chi connectivity index (χ1n) is 8.32. The highest BCUT2D eigenvalue weighted by atomic mass is 35.5. The molecule has 0 unspecified atom stereocenters. The highest BCUT2D eigenvalue weighted by molar-refractivity contribution is 6.34. The third-order valence-corrected chi connectivity index (χ3v) is 4.10. The zero-order valence-electron chi connectivity index (χ0n) is 14.6. The van der Waals surface area contributed by atoms with Gasteiger partial charge >= 0.3 is 5.97 Å². The predicted molar refractivity (Wildman–Crippen MR) is 112 cm³/mol. The number of esters is 1. The van der Waals surface area contributed by atoms with E-state index in [4.69, 9.17) is 27.9 Å². The molecule has 28 heavy (non-hydrogen) atoms. The first-order valence-corrected chi connectivity index (χ1v) is 9.08. The van der Waals surface area contributed by atoms with E-state index in [1.165, 1.54) is 18.2 Å². The van der Waals surface area contributed by atoms with Crippen molar-refractivity contribution in [2.45, 2.75) is 0 Å². The number of amides is 1. The van der Waals surface area contributed by atoms with Crippen LogP contribution in [-0.4, -0.2) is 11.9 Å². The van der Waals surface area contributed by atoms with Crippen LogP contribution in [0.1, 0.15) is 15.9 Å². The second kappa shape index (κ2) is 9.22. The number of halogens is 2. The van der Waals surface area contributed by atoms with Crippen LogP contribution in [0.5, 0.6) is 5.75 Å². The summed E-state index contributed by atoms with van der Waals surface area (Å²) >= 11 is 11.8. The van der Waals surface area contributed by atoms with E-state index in [1.807, 2.05) is 30.3 Å². The number of carbonyl (C=O) groups is 2. The summed E-state index contributed by atoms with van der Waals surface area (Å²) in [5.74, 6) is -0.570. The summed E-state index contributed by atoms with van der Waals surface area (Å²) in [6, 6.07) is 20.4. The number of anilines is 1. The number of rotatable bonds is 5. The molecule has 0 saturated carbocycles. The van der Waals surface area contributed by atoms with Crippen molar-refractivity contribution in [2.24, 2.45) is 0 Å². The summed E-state index contributed by atoms with van der Waals surface area (Å²) in [5.41, 5.74) is 1.82. The van der Waals surface area contributed by atoms with Crippen molar-refractivity contribution >= 4 is 46.8 Å². The molecule has 0 atom stereocenters. The molecule has 3 rings (SSSR count). The maximum Gasteiger partial charge on any atom is 0.343 e. The van der Waals surface area contributed by atoms with Gasteiger partial charge in [0.2, 0.25) is 5.91 Å². The van der Waals surface area contributed by atoms with E-state index >= 15 is 0 Å². The summed E-state index contributed by atoms with van der Waals surface area (Å²) in [6.45, 7) is 0. The fraction of sp³-hybridized carbons (Fsp3) is 0. The van der Waals surface area contributed by atoms with E-state index in [1.54, 1.807) is 36.4 Å². The van der Waals surface area contributed by atoms with Crippen molar-refractivity contribution in [3.8, 4) is 5.75 Å². The fourth-order valence-corrected chi connectivity index (χ4v) is 2.87. The van der Waals surface area contributed by atoms with Crippen molar-refractivity contribution in [1.82, 2.24) is 0 Å². The molecule has 0 fully saturated rings. The lowest BCUT2D eigenvalue weighted by Gasteiger charge is -2.07. The molecule has 0 spiro atoms. The van der Waals surface area contributed by atoms with Crippen molar-refractivity contribution < 1.29 is 14.3 Å². The second-order valence-electron chi connectivity index (χ2n) is 5.81. The SMILES string of the molecule is O=C(/C=C/c1ccccc1)Nc1ccc(C(=O)Oc2cc(Cl)cc(Cl)c2)cc1. The van der Waals surface area contributed by atoms with Crippen molar-refractivity contribution in [2.75, 3.05) is 5.32 Å². The minimum absolute atomic E-state index is 0.255. The average molecular weight is 412 g/mol. The molecule has 0 aliphatic rings. The standard InChI is InChI=1S/C22H15Cl2NO3/c23-17-12-18(24)14-20(13-17)28-22(27)16-7-9-19(10-8-16)25-21(26)11-6-15-4-2-1-3-5-15/h1-14H,(H,25,26)/b11-6+. The van der Waals surface area contributed by atoms with Gasteiger partial charge in [0.05, 0.1) is 5.56 Å². The molecule has 4 nitrogen and oxygen atoms in total. The smallest absolute Gasteiger partial charge is 0.343 e. The van der Waals surface area contributed by atoms with E-state index in [-0.39, 0.29) is 11.7 Å². The predicted octanol–water partition coefficient (Wildman–Crippen LogP) is 5.86. The van der Waals surface area contributed by atoms with Gasteiger partial charge in [0.15, 0.2) is 0 Å². The van der Waals surface area contributed by atoms with Gasteiger partial charge in [-0.15, -0.1) is 0 Å². The maximum atomic E-state index is 12.2. The van der Waals surface area contributed by atoms with Gasteiger partial charge in [-0.1, -0.05) is 53.5 Å². The van der Waals surface area contributed by atoms with Gasteiger partial charge in [0.25, 0.3) is 0 Å². The van der Waals surface area contributed by atoms with E-state index in [9.17, 15) is 9.59 Å². The van der Waals surface area contributed by atoms with Crippen LogP contribution in [-0.2, 0) is 4.79 Å². The van der Waals surface area contributed by atoms with Gasteiger partial charge in [-0.2, -0.15) is 0 Å². The molecule has 1 N–H and O–H groups in total. The molecule has 0 aliphatic heterocycles. The van der Waals surface area contributed by atoms with Crippen molar-refractivity contribution in [1.29, 1.82) is 0 Å². The molecule has 6 heteroatoms. The number of hydrogen-bond acceptors (Lipinski definition) is 3. The molecule has 0 saturated heterocycles. The lowest BCUT2D eigenvalue weighted by molar-refractivity contribution is -0.111. The van der Waals surface area contributed by atoms with Crippen LogP contribution < -0.4 is 10.1 Å². The summed E-state index contributed by atoms with van der Waals surface area (Å²) in [4.78, 5) is 24.2. The zero-order chi connectivity index (χ0) is 19.9. The maximum absolute atomic E-state index is 12.2. The van der Waals surface area contributed by atoms with E-state index in [0.29, 0.717) is 21.3 Å². The lowest BCUT2D eigenvalue weighted by Crippen LogP contribution is -2.10. The Labute approximate surface area is 172 Å². The molecular formula is C22H15Cl2NO3. The van der Waals surface area contributed by atoms with Crippen molar-refractivity contribution in [3.05, 3.63) is 100 Å². The number of hydrogen-bond donors (Lipinski definition) is 1. The fourth-order valence-electron chi connectivity index (χ4n) is 2.36. The Balaban J connectivity index is 1.60. The molecule has 0 aliphatic carbocycles. The van der Waals surface area contributed by atoms with Crippen LogP contribution in [0, 0.1) is 0 Å². The van der Waals surface area contributed by atoms with E-state index in [0.717, 1.165) is 5.56 Å². The Morgan fingerprint density at radius 3 is 2.14 bits per heavy atom. The van der Waals surface area contributed by atoms with Crippen molar-refractivity contribution in [3.63, 3.8) is 0 Å². The minimum atomic E-state index is -0.555. The van der Waals surface area contributed by atoms with Gasteiger partial charge < -0.3 is 10.1 Å². The normalized spacial score (nSPS) is 10.6. The minimum Gasteiger partial charge on any atom is -0.423 e. The Morgan fingerprint density at radius 1 is 0.857 bits per heavy atom. The molecule has 140 valence electrons. The van der Waals surface area contributed by atoms with Crippen LogP contribution in [0.15, 0.2) is 78.9 Å². The summed E-state index contributed by atoms with van der Waals surface area (Å²) in [6.07, 6.45) is 3.16. The molecule has 1 amide bonds. The summed E-state index contributed by atoms with van der Waals surface area (Å²) in [5, 5.41) is 3.47. The van der Waals surface area contributed by atoms with E-state index in [2.05, 4.69) is 5.32 Å². The third-order valence-electron chi connectivity index (χ3n) is 3.66. The Hall–Kier alpha value is -3.08. The second-order valence-corrected chi connectivity index (χ2v) is 6.68. The highest BCUT2D eigenvalue weighted by Crippen LogP contribution is 2.25. The van der Waals surface area contributed by atoms with Crippen LogP contribution in [0.4, 0.5) is 5.69 Å². The Bertz CT molecular complexity index is 995. The Morgan fingerprint density at radius 2 is 1.50 bits per heavy atom. The molecule has 0 bridgehead atoms. The topological polar surface area (TPSA) is 55.4 Å². The van der Waals surface area contributed by atoms with Gasteiger partial charge in [-0.25, -0.2) is 4.79 Å². The Kier molecular flexibility index (Phi) is 6.48. The first-order chi connectivity index (χ1) is 13.5. The monoisotopic (exact) mass is 411 g/mol. The molecule has 3 aromatic carbocycles. The van der Waals surface area contributed by atoms with Gasteiger partial charge in [-0.05, 0) is 54.1 Å². The van der Waals surface area contributed by atoms with E-state index < -0.39 is 5.97 Å². The molecule has 0 heterocycles. The van der Waals surface area contributed by atoms with Gasteiger partial charge in [-0.3, -0.25) is 4.79 Å². The number of carbonyl (C=O) groups excluding carboxylic acids is 2.